The predicted molar refractivity (Wildman–Crippen MR) is 88.3 cm³/mol. The number of thiazole rings is 1. The fourth-order valence-corrected chi connectivity index (χ4v) is 3.78. The number of hydrogen-bond donors (Lipinski definition) is 0. The Labute approximate surface area is 134 Å². The van der Waals surface area contributed by atoms with Crippen molar-refractivity contribution in [3.63, 3.8) is 0 Å². The van der Waals surface area contributed by atoms with Crippen LogP contribution in [0.3, 0.4) is 0 Å². The number of benzene rings is 1. The minimum Gasteiger partial charge on any atom is -0.264 e. The monoisotopic (exact) mass is 335 g/mol. The molecule has 0 bridgehead atoms. The van der Waals surface area contributed by atoms with E-state index in [1.807, 2.05) is 11.4 Å². The normalized spacial score (nSPS) is 11.1. The molecule has 1 aromatic heterocycles. The largest absolute Gasteiger partial charge is 0.264 e. The molecule has 0 saturated carbocycles. The fourth-order valence-electron chi connectivity index (χ4n) is 2.03. The molecule has 0 unspecified atom stereocenters. The van der Waals surface area contributed by atoms with Gasteiger partial charge in [0, 0.05) is 5.38 Å². The molecule has 0 atom stereocenters. The molecule has 0 saturated heterocycles. The van der Waals surface area contributed by atoms with E-state index >= 15 is 0 Å². The Morgan fingerprint density at radius 2 is 2.18 bits per heavy atom. The van der Waals surface area contributed by atoms with Crippen LogP contribution in [-0.4, -0.2) is 19.7 Å². The molecule has 0 amide bonds. The molecule has 0 fully saturated rings. The molecular weight excluding hydrogens is 318 g/mol. The minimum atomic E-state index is -3.46. The van der Waals surface area contributed by atoms with Gasteiger partial charge in [-0.05, 0) is 31.0 Å². The number of nitrogens with zero attached hydrogens (tertiary/aromatic N) is 3. The molecule has 1 aromatic carbocycles. The van der Waals surface area contributed by atoms with E-state index in [0.717, 1.165) is 29.8 Å². The van der Waals surface area contributed by atoms with Crippen molar-refractivity contribution < 1.29 is 8.42 Å². The lowest BCUT2D eigenvalue weighted by Crippen LogP contribution is -2.29. The van der Waals surface area contributed by atoms with E-state index in [-0.39, 0.29) is 6.54 Å². The molecule has 0 aliphatic rings. The van der Waals surface area contributed by atoms with E-state index in [2.05, 4.69) is 11.9 Å². The summed E-state index contributed by atoms with van der Waals surface area (Å²) in [5.41, 5.74) is 1.63. The fraction of sp³-hybridized carbons (Fsp3) is 0.333. The van der Waals surface area contributed by atoms with Crippen LogP contribution in [0, 0.1) is 11.3 Å². The van der Waals surface area contributed by atoms with E-state index in [9.17, 15) is 8.42 Å². The third kappa shape index (κ3) is 4.06. The zero-order chi connectivity index (χ0) is 16.2. The van der Waals surface area contributed by atoms with E-state index in [1.165, 1.54) is 4.31 Å². The third-order valence-corrected chi connectivity index (χ3v) is 5.13. The summed E-state index contributed by atoms with van der Waals surface area (Å²) in [5.74, 6) is 0. The number of sulfonamides is 1. The Morgan fingerprint density at radius 1 is 1.41 bits per heavy atom. The molecule has 116 valence electrons. The first-order valence-corrected chi connectivity index (χ1v) is 9.58. The van der Waals surface area contributed by atoms with Crippen molar-refractivity contribution in [1.82, 2.24) is 4.98 Å². The molecule has 22 heavy (non-hydrogen) atoms. The third-order valence-electron chi connectivity index (χ3n) is 3.03. The highest BCUT2D eigenvalue weighted by Gasteiger charge is 2.19. The number of aryl methyl sites for hydroxylation is 1. The average molecular weight is 335 g/mol. The van der Waals surface area contributed by atoms with Crippen LogP contribution in [0.5, 0.6) is 0 Å². The second-order valence-electron chi connectivity index (χ2n) is 4.91. The number of hydrogen-bond acceptors (Lipinski definition) is 5. The second-order valence-corrected chi connectivity index (χ2v) is 7.76. The van der Waals surface area contributed by atoms with Gasteiger partial charge in [-0.15, -0.1) is 11.3 Å². The lowest BCUT2D eigenvalue weighted by atomic mass is 10.2. The van der Waals surface area contributed by atoms with E-state index in [1.54, 1.807) is 35.6 Å². The maximum atomic E-state index is 12.1. The van der Waals surface area contributed by atoms with E-state index < -0.39 is 10.0 Å². The van der Waals surface area contributed by atoms with Crippen molar-refractivity contribution in [1.29, 1.82) is 5.26 Å². The van der Waals surface area contributed by atoms with Gasteiger partial charge >= 0.3 is 0 Å². The van der Waals surface area contributed by atoms with Gasteiger partial charge in [0.2, 0.25) is 10.0 Å². The summed E-state index contributed by atoms with van der Waals surface area (Å²) in [4.78, 5) is 4.47. The molecular formula is C15H17N3O2S2. The van der Waals surface area contributed by atoms with Crippen LogP contribution in [0.25, 0.3) is 0 Å². The van der Waals surface area contributed by atoms with E-state index in [4.69, 9.17) is 5.26 Å². The SMILES string of the molecule is CCCc1nc(CN(c2cccc(C#N)c2)S(C)(=O)=O)cs1. The van der Waals surface area contributed by atoms with Crippen LogP contribution >= 0.6 is 11.3 Å². The van der Waals surface area contributed by atoms with Crippen molar-refractivity contribution in [2.45, 2.75) is 26.3 Å². The van der Waals surface area contributed by atoms with Gasteiger partial charge in [0.05, 0.1) is 40.8 Å². The Bertz CT molecular complexity index is 791. The number of nitriles is 1. The van der Waals surface area contributed by atoms with Gasteiger partial charge in [-0.1, -0.05) is 13.0 Å². The van der Waals surface area contributed by atoms with Gasteiger partial charge in [0.15, 0.2) is 0 Å². The standard InChI is InChI=1S/C15H17N3O2S2/c1-3-5-15-17-13(11-21-15)10-18(22(2,19)20)14-7-4-6-12(8-14)9-16/h4,6-8,11H,3,5,10H2,1-2H3. The Morgan fingerprint density at radius 3 is 2.82 bits per heavy atom. The number of rotatable bonds is 6. The quantitative estimate of drug-likeness (QED) is 0.813. The highest BCUT2D eigenvalue weighted by molar-refractivity contribution is 7.92. The lowest BCUT2D eigenvalue weighted by molar-refractivity contribution is 0.596. The predicted octanol–water partition coefficient (Wildman–Crippen LogP) is 2.93. The zero-order valence-electron chi connectivity index (χ0n) is 12.5. The first kappa shape index (κ1) is 16.5. The van der Waals surface area contributed by atoms with Gasteiger partial charge in [0.25, 0.3) is 0 Å². The Hall–Kier alpha value is -1.91. The second kappa shape index (κ2) is 6.90. The highest BCUT2D eigenvalue weighted by Crippen LogP contribution is 2.22. The summed E-state index contributed by atoms with van der Waals surface area (Å²) in [6, 6.07) is 8.60. The van der Waals surface area contributed by atoms with Gasteiger partial charge in [-0.3, -0.25) is 4.31 Å². The van der Waals surface area contributed by atoms with Crippen molar-refractivity contribution >= 4 is 27.0 Å². The van der Waals surface area contributed by atoms with Gasteiger partial charge in [0.1, 0.15) is 0 Å². The smallest absolute Gasteiger partial charge is 0.232 e. The van der Waals surface area contributed by atoms with Crippen molar-refractivity contribution in [2.75, 3.05) is 10.6 Å². The van der Waals surface area contributed by atoms with Crippen molar-refractivity contribution in [3.8, 4) is 6.07 Å². The van der Waals surface area contributed by atoms with Gasteiger partial charge in [-0.25, -0.2) is 13.4 Å². The maximum absolute atomic E-state index is 12.1. The van der Waals surface area contributed by atoms with Crippen LogP contribution in [0.4, 0.5) is 5.69 Å². The number of aromatic nitrogens is 1. The molecule has 5 nitrogen and oxygen atoms in total. The highest BCUT2D eigenvalue weighted by atomic mass is 32.2. The van der Waals surface area contributed by atoms with Crippen LogP contribution in [0.15, 0.2) is 29.6 Å². The molecule has 1 heterocycles. The molecule has 0 aliphatic carbocycles. The first-order chi connectivity index (χ1) is 10.4. The Kier molecular flexibility index (Phi) is 5.16. The van der Waals surface area contributed by atoms with Crippen LogP contribution in [0.2, 0.25) is 0 Å². The molecule has 0 aliphatic heterocycles. The summed E-state index contributed by atoms with van der Waals surface area (Å²) < 4.78 is 25.5. The minimum absolute atomic E-state index is 0.175. The van der Waals surface area contributed by atoms with Crippen LogP contribution in [-0.2, 0) is 23.0 Å². The van der Waals surface area contributed by atoms with Gasteiger partial charge in [-0.2, -0.15) is 5.26 Å². The van der Waals surface area contributed by atoms with Crippen LogP contribution < -0.4 is 4.31 Å². The number of anilines is 1. The first-order valence-electron chi connectivity index (χ1n) is 6.85. The van der Waals surface area contributed by atoms with Crippen LogP contribution in [0.1, 0.15) is 29.6 Å². The molecule has 2 rings (SSSR count). The summed E-state index contributed by atoms with van der Waals surface area (Å²) >= 11 is 1.54. The maximum Gasteiger partial charge on any atom is 0.232 e. The summed E-state index contributed by atoms with van der Waals surface area (Å²) in [6.07, 6.45) is 3.06. The molecule has 2 aromatic rings. The molecule has 0 N–H and O–H groups in total. The molecule has 7 heteroatoms. The summed E-state index contributed by atoms with van der Waals surface area (Å²) in [5, 5.41) is 11.9. The zero-order valence-corrected chi connectivity index (χ0v) is 14.1. The van der Waals surface area contributed by atoms with Crippen molar-refractivity contribution in [2.24, 2.45) is 0 Å². The molecule has 0 spiro atoms. The average Bonchev–Trinajstić information content (AvgIpc) is 2.91. The summed E-state index contributed by atoms with van der Waals surface area (Å²) in [6.45, 7) is 2.26. The van der Waals surface area contributed by atoms with Gasteiger partial charge < -0.3 is 0 Å². The Balaban J connectivity index is 2.32. The molecule has 0 radical (unpaired) electrons. The topological polar surface area (TPSA) is 74.1 Å². The van der Waals surface area contributed by atoms with E-state index in [0.29, 0.717) is 11.3 Å². The lowest BCUT2D eigenvalue weighted by Gasteiger charge is -2.21. The van der Waals surface area contributed by atoms with Crippen molar-refractivity contribution in [3.05, 3.63) is 45.9 Å². The summed E-state index contributed by atoms with van der Waals surface area (Å²) in [7, 11) is -3.46.